The number of anilines is 3. The van der Waals surface area contributed by atoms with Gasteiger partial charge in [-0.1, -0.05) is 249 Å². The number of fused-ring (bicyclic) bond motifs is 14. The van der Waals surface area contributed by atoms with E-state index in [1.807, 2.05) is 0 Å². The molecule has 0 heterocycles. The first kappa shape index (κ1) is 41.5. The van der Waals surface area contributed by atoms with Gasteiger partial charge in [-0.2, -0.15) is 0 Å². The van der Waals surface area contributed by atoms with Crippen LogP contribution in [-0.4, -0.2) is 0 Å². The van der Waals surface area contributed by atoms with Crippen molar-refractivity contribution < 1.29 is 0 Å². The Morgan fingerprint density at radius 3 is 1.26 bits per heavy atom. The molecule has 0 aromatic heterocycles. The average Bonchev–Trinajstić information content (AvgIpc) is 4.05. The van der Waals surface area contributed by atoms with E-state index in [0.29, 0.717) is 0 Å². The smallest absolute Gasteiger partial charge is 0.0726 e. The lowest BCUT2D eigenvalue weighted by Crippen LogP contribution is -2.28. The van der Waals surface area contributed by atoms with Crippen LogP contribution < -0.4 is 4.90 Å². The summed E-state index contributed by atoms with van der Waals surface area (Å²) < 4.78 is 0. The average molecular weight is 926 g/mol. The molecule has 3 aliphatic carbocycles. The molecule has 1 spiro atoms. The Morgan fingerprint density at radius 2 is 0.658 bits per heavy atom. The first-order valence-corrected chi connectivity index (χ1v) is 25.5. The van der Waals surface area contributed by atoms with E-state index in [-0.39, 0.29) is 0 Å². The first-order valence-electron chi connectivity index (χ1n) is 25.5. The highest BCUT2D eigenvalue weighted by atomic mass is 15.1. The molecule has 0 saturated carbocycles. The predicted octanol–water partition coefficient (Wildman–Crippen LogP) is 18.4. The summed E-state index contributed by atoms with van der Waals surface area (Å²) in [5, 5.41) is 2.48. The van der Waals surface area contributed by atoms with Crippen molar-refractivity contribution in [3.8, 4) is 55.6 Å². The second-order valence-corrected chi connectivity index (χ2v) is 19.8. The minimum Gasteiger partial charge on any atom is -0.310 e. The zero-order valence-electron chi connectivity index (χ0n) is 40.1. The molecule has 0 unspecified atom stereocenters. The van der Waals surface area contributed by atoms with Gasteiger partial charge in [-0.15, -0.1) is 0 Å². The van der Waals surface area contributed by atoms with Crippen molar-refractivity contribution in [1.29, 1.82) is 0 Å². The van der Waals surface area contributed by atoms with Crippen LogP contribution in [0.1, 0.15) is 44.5 Å². The maximum Gasteiger partial charge on any atom is 0.0726 e. The Balaban J connectivity index is 1.04. The van der Waals surface area contributed by atoms with Crippen LogP contribution >= 0.6 is 0 Å². The molecular weight excluding hydrogens is 879 g/mol. The Morgan fingerprint density at radius 1 is 0.233 bits per heavy atom. The standard InChI is InChI=1S/C72H47N/c1-4-21-49(22-5-1)62-46-63-60-33-15-19-38-67(60)72(65-36-17-13-30-57(65)58-31-14-18-37-66(58)72)69(63)47-70(62)73(53-41-39-50(40-42-53)56-34-20-24-48-23-10-11-29-55(48)56)54-43-44-61-59-32-12-16-35-64(59)71(68(61)45-54,51-25-6-2-7-26-51)52-27-8-3-9-28-52/h1-47H. The molecule has 0 saturated heterocycles. The molecule has 0 amide bonds. The second-order valence-electron chi connectivity index (χ2n) is 19.8. The molecule has 15 rings (SSSR count). The van der Waals surface area contributed by atoms with E-state index in [9.17, 15) is 0 Å². The predicted molar refractivity (Wildman–Crippen MR) is 303 cm³/mol. The summed E-state index contributed by atoms with van der Waals surface area (Å²) in [7, 11) is 0. The van der Waals surface area contributed by atoms with Gasteiger partial charge < -0.3 is 4.90 Å². The zero-order chi connectivity index (χ0) is 48.1. The number of hydrogen-bond acceptors (Lipinski definition) is 1. The quantitative estimate of drug-likeness (QED) is 0.154. The van der Waals surface area contributed by atoms with Gasteiger partial charge in [-0.05, 0) is 142 Å². The molecule has 0 bridgehead atoms. The van der Waals surface area contributed by atoms with Gasteiger partial charge in [-0.3, -0.25) is 0 Å². The third-order valence-corrected chi connectivity index (χ3v) is 16.4. The summed E-state index contributed by atoms with van der Waals surface area (Å²) in [6.45, 7) is 0. The highest BCUT2D eigenvalue weighted by molar-refractivity contribution is 6.02. The molecule has 0 N–H and O–H groups in total. The first-order chi connectivity index (χ1) is 36.2. The molecule has 12 aromatic carbocycles. The van der Waals surface area contributed by atoms with E-state index in [0.717, 1.165) is 17.1 Å². The summed E-state index contributed by atoms with van der Waals surface area (Å²) in [6, 6.07) is 107. The van der Waals surface area contributed by atoms with Gasteiger partial charge in [0.05, 0.1) is 16.5 Å². The number of nitrogens with zero attached hydrogens (tertiary/aromatic N) is 1. The number of rotatable bonds is 7. The topological polar surface area (TPSA) is 3.24 Å². The van der Waals surface area contributed by atoms with Crippen molar-refractivity contribution in [2.75, 3.05) is 4.90 Å². The van der Waals surface area contributed by atoms with E-state index < -0.39 is 10.8 Å². The van der Waals surface area contributed by atoms with E-state index in [4.69, 9.17) is 0 Å². The van der Waals surface area contributed by atoms with Crippen molar-refractivity contribution in [3.05, 3.63) is 330 Å². The van der Waals surface area contributed by atoms with Gasteiger partial charge >= 0.3 is 0 Å². The fourth-order valence-electron chi connectivity index (χ4n) is 13.4. The summed E-state index contributed by atoms with van der Waals surface area (Å²) in [5.41, 5.74) is 25.0. The SMILES string of the molecule is c1ccc(-c2cc3c(cc2N(c2ccc(-c4cccc5ccccc45)cc2)c2ccc4c(c2)C(c2ccccc2)(c2ccccc2)c2ccccc2-4)C2(c4ccccc4-c4ccccc42)c2ccccc2-3)cc1. The third-order valence-electron chi connectivity index (χ3n) is 16.4. The van der Waals surface area contributed by atoms with Crippen LogP contribution in [0.15, 0.2) is 285 Å². The van der Waals surface area contributed by atoms with E-state index in [1.54, 1.807) is 0 Å². The fourth-order valence-corrected chi connectivity index (χ4v) is 13.4. The molecule has 340 valence electrons. The van der Waals surface area contributed by atoms with Crippen LogP contribution in [0.25, 0.3) is 66.4 Å². The second kappa shape index (κ2) is 16.1. The molecule has 0 fully saturated rings. The van der Waals surface area contributed by atoms with Crippen molar-refractivity contribution in [2.24, 2.45) is 0 Å². The highest BCUT2D eigenvalue weighted by Gasteiger charge is 2.52. The number of benzene rings is 12. The fraction of sp³-hybridized carbons (Fsp3) is 0.0278. The number of hydrogen-bond donors (Lipinski definition) is 0. The van der Waals surface area contributed by atoms with Gasteiger partial charge in [0.2, 0.25) is 0 Å². The summed E-state index contributed by atoms with van der Waals surface area (Å²) >= 11 is 0. The van der Waals surface area contributed by atoms with Gasteiger partial charge in [0, 0.05) is 16.9 Å². The highest BCUT2D eigenvalue weighted by Crippen LogP contribution is 2.65. The van der Waals surface area contributed by atoms with Crippen LogP contribution in [0, 0.1) is 0 Å². The molecule has 1 heteroatoms. The van der Waals surface area contributed by atoms with Gasteiger partial charge in [0.15, 0.2) is 0 Å². The van der Waals surface area contributed by atoms with Crippen molar-refractivity contribution in [1.82, 2.24) is 0 Å². The molecule has 0 atom stereocenters. The lowest BCUT2D eigenvalue weighted by Gasteiger charge is -2.35. The Hall–Kier alpha value is -9.30. The molecule has 0 aliphatic heterocycles. The summed E-state index contributed by atoms with van der Waals surface area (Å²) in [4.78, 5) is 2.56. The van der Waals surface area contributed by atoms with E-state index >= 15 is 0 Å². The normalized spacial score (nSPS) is 13.7. The third kappa shape index (κ3) is 5.85. The lowest BCUT2D eigenvalue weighted by atomic mass is 9.67. The van der Waals surface area contributed by atoms with Crippen LogP contribution in [0.4, 0.5) is 17.1 Å². The lowest BCUT2D eigenvalue weighted by molar-refractivity contribution is 0.768. The Bertz CT molecular complexity index is 4040. The van der Waals surface area contributed by atoms with Crippen molar-refractivity contribution >= 4 is 27.8 Å². The largest absolute Gasteiger partial charge is 0.310 e. The van der Waals surface area contributed by atoms with E-state index in [1.165, 1.54) is 111 Å². The van der Waals surface area contributed by atoms with Gasteiger partial charge in [-0.25, -0.2) is 0 Å². The minimum absolute atomic E-state index is 0.525. The monoisotopic (exact) mass is 925 g/mol. The summed E-state index contributed by atoms with van der Waals surface area (Å²) in [6.07, 6.45) is 0. The molecule has 12 aromatic rings. The molecule has 73 heavy (non-hydrogen) atoms. The molecular formula is C72H47N. The van der Waals surface area contributed by atoms with Gasteiger partial charge in [0.25, 0.3) is 0 Å². The molecule has 3 aliphatic rings. The van der Waals surface area contributed by atoms with Crippen LogP contribution in [0.3, 0.4) is 0 Å². The van der Waals surface area contributed by atoms with E-state index in [2.05, 4.69) is 290 Å². The maximum absolute atomic E-state index is 2.57. The molecule has 0 radical (unpaired) electrons. The Kier molecular flexibility index (Phi) is 9.16. The zero-order valence-corrected chi connectivity index (χ0v) is 40.1. The van der Waals surface area contributed by atoms with Crippen LogP contribution in [-0.2, 0) is 10.8 Å². The maximum atomic E-state index is 2.57. The van der Waals surface area contributed by atoms with Crippen LogP contribution in [0.5, 0.6) is 0 Å². The van der Waals surface area contributed by atoms with Crippen molar-refractivity contribution in [3.63, 3.8) is 0 Å². The van der Waals surface area contributed by atoms with Crippen molar-refractivity contribution in [2.45, 2.75) is 10.8 Å². The van der Waals surface area contributed by atoms with Crippen LogP contribution in [0.2, 0.25) is 0 Å². The van der Waals surface area contributed by atoms with Gasteiger partial charge in [0.1, 0.15) is 0 Å². The summed E-state index contributed by atoms with van der Waals surface area (Å²) in [5.74, 6) is 0. The Labute approximate surface area is 426 Å². The molecule has 1 nitrogen and oxygen atoms in total. The minimum atomic E-state index is -0.572.